The topological polar surface area (TPSA) is 45.2 Å². The SMILES string of the molecule is Cc1ccc(Nc2ncc(C(=O)N(C)Cc3ccccc3)c3ccccc23)cc1Cl. The molecular weight excluding hydrogens is 394 g/mol. The van der Waals surface area contributed by atoms with E-state index in [0.717, 1.165) is 27.6 Å². The fraction of sp³-hybridized carbons (Fsp3) is 0.120. The fourth-order valence-corrected chi connectivity index (χ4v) is 3.59. The first-order valence-corrected chi connectivity index (χ1v) is 10.1. The van der Waals surface area contributed by atoms with Crippen LogP contribution in [0.1, 0.15) is 21.5 Å². The second-order valence-electron chi connectivity index (χ2n) is 7.30. The Balaban J connectivity index is 1.66. The molecule has 1 aromatic heterocycles. The molecule has 0 spiro atoms. The molecule has 1 heterocycles. The van der Waals surface area contributed by atoms with E-state index in [-0.39, 0.29) is 5.91 Å². The highest BCUT2D eigenvalue weighted by Gasteiger charge is 2.17. The average molecular weight is 416 g/mol. The molecule has 0 aliphatic rings. The summed E-state index contributed by atoms with van der Waals surface area (Å²) in [6.07, 6.45) is 1.64. The van der Waals surface area contributed by atoms with Gasteiger partial charge in [-0.2, -0.15) is 0 Å². The Morgan fingerprint density at radius 2 is 1.70 bits per heavy atom. The molecule has 150 valence electrons. The van der Waals surface area contributed by atoms with Crippen molar-refractivity contribution in [2.75, 3.05) is 12.4 Å². The van der Waals surface area contributed by atoms with E-state index in [0.29, 0.717) is 22.9 Å². The number of rotatable bonds is 5. The van der Waals surface area contributed by atoms with E-state index in [2.05, 4.69) is 10.3 Å². The summed E-state index contributed by atoms with van der Waals surface area (Å²) in [6.45, 7) is 2.50. The normalized spacial score (nSPS) is 10.8. The van der Waals surface area contributed by atoms with Crippen molar-refractivity contribution in [2.45, 2.75) is 13.5 Å². The summed E-state index contributed by atoms with van der Waals surface area (Å²) >= 11 is 6.26. The smallest absolute Gasteiger partial charge is 0.256 e. The molecule has 0 aliphatic heterocycles. The molecule has 4 nitrogen and oxygen atoms in total. The van der Waals surface area contributed by atoms with Crippen molar-refractivity contribution in [1.82, 2.24) is 9.88 Å². The number of anilines is 2. The van der Waals surface area contributed by atoms with Crippen LogP contribution >= 0.6 is 11.6 Å². The zero-order valence-electron chi connectivity index (χ0n) is 16.9. The number of amides is 1. The van der Waals surface area contributed by atoms with Crippen molar-refractivity contribution in [2.24, 2.45) is 0 Å². The van der Waals surface area contributed by atoms with Gasteiger partial charge in [0.25, 0.3) is 5.91 Å². The lowest BCUT2D eigenvalue weighted by molar-refractivity contribution is 0.0786. The van der Waals surface area contributed by atoms with Crippen molar-refractivity contribution in [3.63, 3.8) is 0 Å². The molecule has 0 saturated heterocycles. The van der Waals surface area contributed by atoms with Gasteiger partial charge >= 0.3 is 0 Å². The molecule has 1 N–H and O–H groups in total. The third-order valence-corrected chi connectivity index (χ3v) is 5.48. The van der Waals surface area contributed by atoms with Gasteiger partial charge in [0.2, 0.25) is 0 Å². The number of fused-ring (bicyclic) bond motifs is 1. The number of nitrogens with zero attached hydrogens (tertiary/aromatic N) is 2. The predicted molar refractivity (Wildman–Crippen MR) is 123 cm³/mol. The van der Waals surface area contributed by atoms with Crippen molar-refractivity contribution in [1.29, 1.82) is 0 Å². The van der Waals surface area contributed by atoms with Crippen LogP contribution in [0.25, 0.3) is 10.8 Å². The lowest BCUT2D eigenvalue weighted by Gasteiger charge is -2.19. The highest BCUT2D eigenvalue weighted by molar-refractivity contribution is 6.31. The lowest BCUT2D eigenvalue weighted by Crippen LogP contribution is -2.26. The minimum absolute atomic E-state index is 0.0625. The summed E-state index contributed by atoms with van der Waals surface area (Å²) in [5.74, 6) is 0.625. The number of benzene rings is 3. The number of aromatic nitrogens is 1. The van der Waals surface area contributed by atoms with Crippen molar-refractivity contribution in [3.05, 3.63) is 101 Å². The van der Waals surface area contributed by atoms with Crippen LogP contribution in [0.3, 0.4) is 0 Å². The molecule has 3 aromatic carbocycles. The Morgan fingerprint density at radius 3 is 2.43 bits per heavy atom. The van der Waals surface area contributed by atoms with Gasteiger partial charge in [0.15, 0.2) is 0 Å². The first-order chi connectivity index (χ1) is 14.5. The van der Waals surface area contributed by atoms with Gasteiger partial charge in [-0.1, -0.05) is 72.3 Å². The summed E-state index contributed by atoms with van der Waals surface area (Å²) in [5, 5.41) is 5.76. The Kier molecular flexibility index (Phi) is 5.68. The molecule has 30 heavy (non-hydrogen) atoms. The van der Waals surface area contributed by atoms with Gasteiger partial charge in [0.1, 0.15) is 5.82 Å². The van der Waals surface area contributed by atoms with Crippen LogP contribution < -0.4 is 5.32 Å². The summed E-state index contributed by atoms with van der Waals surface area (Å²) in [4.78, 5) is 19.4. The zero-order valence-corrected chi connectivity index (χ0v) is 17.6. The largest absolute Gasteiger partial charge is 0.340 e. The van der Waals surface area contributed by atoms with E-state index in [1.165, 1.54) is 0 Å². The summed E-state index contributed by atoms with van der Waals surface area (Å²) in [5.41, 5.74) is 3.53. The van der Waals surface area contributed by atoms with Crippen LogP contribution in [-0.4, -0.2) is 22.8 Å². The van der Waals surface area contributed by atoms with E-state index in [1.807, 2.05) is 86.8 Å². The van der Waals surface area contributed by atoms with Crippen molar-refractivity contribution in [3.8, 4) is 0 Å². The molecule has 0 bridgehead atoms. The molecule has 0 unspecified atom stereocenters. The molecule has 0 saturated carbocycles. The van der Waals surface area contributed by atoms with Crippen LogP contribution in [0, 0.1) is 6.92 Å². The average Bonchev–Trinajstić information content (AvgIpc) is 2.77. The van der Waals surface area contributed by atoms with Crippen LogP contribution in [0.4, 0.5) is 11.5 Å². The zero-order chi connectivity index (χ0) is 21.1. The van der Waals surface area contributed by atoms with E-state index >= 15 is 0 Å². The van der Waals surface area contributed by atoms with Gasteiger partial charge in [0, 0.05) is 35.9 Å². The molecule has 4 aromatic rings. The molecule has 4 rings (SSSR count). The van der Waals surface area contributed by atoms with Gasteiger partial charge in [-0.25, -0.2) is 4.98 Å². The van der Waals surface area contributed by atoms with Gasteiger partial charge in [-0.15, -0.1) is 0 Å². The molecular formula is C25H22ClN3O. The number of hydrogen-bond donors (Lipinski definition) is 1. The maximum Gasteiger partial charge on any atom is 0.256 e. The first-order valence-electron chi connectivity index (χ1n) is 9.73. The molecule has 0 fully saturated rings. The monoisotopic (exact) mass is 415 g/mol. The van der Waals surface area contributed by atoms with E-state index in [9.17, 15) is 4.79 Å². The minimum atomic E-state index is -0.0625. The maximum absolute atomic E-state index is 13.2. The first kappa shape index (κ1) is 19.9. The molecule has 1 amide bonds. The second kappa shape index (κ2) is 8.56. The van der Waals surface area contributed by atoms with Crippen molar-refractivity contribution >= 4 is 39.8 Å². The number of carbonyl (C=O) groups is 1. The van der Waals surface area contributed by atoms with Crippen LogP contribution in [0.15, 0.2) is 79.0 Å². The lowest BCUT2D eigenvalue weighted by atomic mass is 10.1. The molecule has 0 atom stereocenters. The van der Waals surface area contributed by atoms with Crippen LogP contribution in [-0.2, 0) is 6.54 Å². The second-order valence-corrected chi connectivity index (χ2v) is 7.71. The Bertz CT molecular complexity index is 1210. The fourth-order valence-electron chi connectivity index (χ4n) is 3.40. The third-order valence-electron chi connectivity index (χ3n) is 5.07. The highest BCUT2D eigenvalue weighted by Crippen LogP contribution is 2.29. The maximum atomic E-state index is 13.2. The minimum Gasteiger partial charge on any atom is -0.340 e. The van der Waals surface area contributed by atoms with Gasteiger partial charge in [-0.05, 0) is 35.6 Å². The Labute approximate surface area is 181 Å². The standard InChI is InChI=1S/C25H22ClN3O/c1-17-12-13-19(14-23(17)26)28-24-21-11-7-6-10-20(21)22(15-27-24)25(30)29(2)16-18-8-4-3-5-9-18/h3-15H,16H2,1-2H3,(H,27,28). The van der Waals surface area contributed by atoms with Crippen LogP contribution in [0.2, 0.25) is 5.02 Å². The number of pyridine rings is 1. The molecule has 0 radical (unpaired) electrons. The van der Waals surface area contributed by atoms with E-state index in [4.69, 9.17) is 11.6 Å². The third kappa shape index (κ3) is 4.14. The summed E-state index contributed by atoms with van der Waals surface area (Å²) in [7, 11) is 1.81. The van der Waals surface area contributed by atoms with Gasteiger partial charge < -0.3 is 10.2 Å². The van der Waals surface area contributed by atoms with Crippen molar-refractivity contribution < 1.29 is 4.79 Å². The summed E-state index contributed by atoms with van der Waals surface area (Å²) < 4.78 is 0. The Morgan fingerprint density at radius 1 is 1.00 bits per heavy atom. The molecule has 5 heteroatoms. The number of aryl methyl sites for hydroxylation is 1. The number of halogens is 1. The summed E-state index contributed by atoms with van der Waals surface area (Å²) in [6, 6.07) is 23.5. The van der Waals surface area contributed by atoms with Gasteiger partial charge in [0.05, 0.1) is 5.56 Å². The number of nitrogens with one attached hydrogen (secondary N) is 1. The predicted octanol–water partition coefficient (Wildman–Crippen LogP) is 6.21. The number of hydrogen-bond acceptors (Lipinski definition) is 3. The number of carbonyl (C=O) groups excluding carboxylic acids is 1. The highest BCUT2D eigenvalue weighted by atomic mass is 35.5. The quantitative estimate of drug-likeness (QED) is 0.421. The van der Waals surface area contributed by atoms with E-state index in [1.54, 1.807) is 11.1 Å². The van der Waals surface area contributed by atoms with E-state index < -0.39 is 0 Å². The molecule has 0 aliphatic carbocycles. The Hall–Kier alpha value is -3.37. The van der Waals surface area contributed by atoms with Crippen LogP contribution in [0.5, 0.6) is 0 Å². The van der Waals surface area contributed by atoms with Gasteiger partial charge in [-0.3, -0.25) is 4.79 Å².